The fraction of sp³-hybridized carbons (Fsp3) is 0.538. The molecule has 1 N–H and O–H groups in total. The largest absolute Gasteiger partial charge is 0.376 e. The molecule has 1 aromatic heterocycles. The zero-order chi connectivity index (χ0) is 11.8. The first-order valence-electron chi connectivity index (χ1n) is 5.72. The van der Waals surface area contributed by atoms with Crippen LogP contribution < -0.4 is 5.32 Å². The molecule has 0 spiro atoms. The highest BCUT2D eigenvalue weighted by atomic mass is 32.1. The van der Waals surface area contributed by atoms with Gasteiger partial charge in [-0.25, -0.2) is 0 Å². The van der Waals surface area contributed by atoms with Gasteiger partial charge in [0.25, 0.3) is 0 Å². The summed E-state index contributed by atoms with van der Waals surface area (Å²) in [6.07, 6.45) is 2.81. The Balaban J connectivity index is 2.25. The van der Waals surface area contributed by atoms with Crippen LogP contribution >= 0.6 is 11.3 Å². The Morgan fingerprint density at radius 3 is 2.88 bits per heavy atom. The van der Waals surface area contributed by atoms with E-state index in [9.17, 15) is 0 Å². The number of thiophene rings is 1. The van der Waals surface area contributed by atoms with Crippen LogP contribution in [0.15, 0.2) is 24.8 Å². The van der Waals surface area contributed by atoms with Crippen LogP contribution in [0.2, 0.25) is 0 Å². The lowest BCUT2D eigenvalue weighted by atomic mass is 10.3. The molecule has 3 heteroatoms. The Labute approximate surface area is 102 Å². The molecule has 1 aromatic rings. The Hall–Kier alpha value is -0.640. The van der Waals surface area contributed by atoms with Gasteiger partial charge in [-0.15, -0.1) is 17.9 Å². The Morgan fingerprint density at radius 1 is 1.44 bits per heavy atom. The second-order valence-electron chi connectivity index (χ2n) is 4.03. The maximum Gasteiger partial charge on any atom is 0.0809 e. The third-order valence-corrected chi connectivity index (χ3v) is 3.17. The van der Waals surface area contributed by atoms with Crippen LogP contribution in [0.3, 0.4) is 0 Å². The van der Waals surface area contributed by atoms with Crippen LogP contribution in [0.25, 0.3) is 0 Å². The predicted molar refractivity (Wildman–Crippen MR) is 70.8 cm³/mol. The molecule has 90 valence electrons. The summed E-state index contributed by atoms with van der Waals surface area (Å²) in [5, 5.41) is 3.41. The van der Waals surface area contributed by atoms with Gasteiger partial charge in [-0.3, -0.25) is 0 Å². The van der Waals surface area contributed by atoms with E-state index in [1.165, 1.54) is 9.75 Å². The van der Waals surface area contributed by atoms with E-state index in [1.54, 1.807) is 0 Å². The van der Waals surface area contributed by atoms with Crippen molar-refractivity contribution in [3.63, 3.8) is 0 Å². The van der Waals surface area contributed by atoms with Crippen molar-refractivity contribution < 1.29 is 4.74 Å². The monoisotopic (exact) mass is 239 g/mol. The number of rotatable bonds is 8. The molecular weight excluding hydrogens is 218 g/mol. The van der Waals surface area contributed by atoms with Gasteiger partial charge in [-0.2, -0.15) is 0 Å². The molecule has 2 nitrogen and oxygen atoms in total. The maximum absolute atomic E-state index is 5.52. The molecule has 0 fully saturated rings. The second kappa shape index (κ2) is 7.60. The summed E-state index contributed by atoms with van der Waals surface area (Å²) in [5.74, 6) is 0. The van der Waals surface area contributed by atoms with Crippen molar-refractivity contribution in [2.45, 2.75) is 39.5 Å². The summed E-state index contributed by atoms with van der Waals surface area (Å²) in [4.78, 5) is 2.67. The average Bonchev–Trinajstić information content (AvgIpc) is 2.70. The lowest BCUT2D eigenvalue weighted by Crippen LogP contribution is -2.21. The minimum Gasteiger partial charge on any atom is -0.376 e. The fourth-order valence-electron chi connectivity index (χ4n) is 1.24. The second-order valence-corrected chi connectivity index (χ2v) is 5.29. The molecule has 0 bridgehead atoms. The quantitative estimate of drug-likeness (QED) is 0.555. The molecule has 1 rings (SSSR count). The van der Waals surface area contributed by atoms with Gasteiger partial charge in [0.2, 0.25) is 0 Å². The standard InChI is InChI=1S/C13H21NOS/c1-4-5-8-15-10-13-7-6-12(16-13)9-14-11(2)3/h4,6-7,11,14H,1,5,8-10H2,2-3H3. The first-order chi connectivity index (χ1) is 7.72. The number of ether oxygens (including phenoxy) is 1. The molecule has 0 atom stereocenters. The lowest BCUT2D eigenvalue weighted by Gasteiger charge is -2.05. The molecule has 0 saturated heterocycles. The fourth-order valence-corrected chi connectivity index (χ4v) is 2.15. The van der Waals surface area contributed by atoms with Crippen molar-refractivity contribution in [1.29, 1.82) is 0 Å². The van der Waals surface area contributed by atoms with Gasteiger partial charge in [0.05, 0.1) is 13.2 Å². The van der Waals surface area contributed by atoms with Crippen molar-refractivity contribution in [1.82, 2.24) is 5.32 Å². The highest BCUT2D eigenvalue weighted by Crippen LogP contribution is 2.17. The summed E-state index contributed by atoms with van der Waals surface area (Å²) in [6.45, 7) is 10.4. The van der Waals surface area contributed by atoms with Gasteiger partial charge in [-0.1, -0.05) is 19.9 Å². The normalized spacial score (nSPS) is 10.9. The van der Waals surface area contributed by atoms with Crippen LogP contribution in [0.1, 0.15) is 30.0 Å². The number of nitrogens with one attached hydrogen (secondary N) is 1. The molecule has 0 saturated carbocycles. The Morgan fingerprint density at radius 2 is 2.19 bits per heavy atom. The van der Waals surface area contributed by atoms with E-state index in [0.717, 1.165) is 26.2 Å². The van der Waals surface area contributed by atoms with Gasteiger partial charge < -0.3 is 10.1 Å². The zero-order valence-electron chi connectivity index (χ0n) is 10.2. The highest BCUT2D eigenvalue weighted by molar-refractivity contribution is 7.11. The van der Waals surface area contributed by atoms with Gasteiger partial charge in [0.15, 0.2) is 0 Å². The smallest absolute Gasteiger partial charge is 0.0809 e. The molecule has 0 radical (unpaired) electrons. The molecule has 0 amide bonds. The van der Waals surface area contributed by atoms with Crippen LogP contribution in [0, 0.1) is 0 Å². The van der Waals surface area contributed by atoms with Gasteiger partial charge in [0, 0.05) is 22.3 Å². The third-order valence-electron chi connectivity index (χ3n) is 2.11. The van der Waals surface area contributed by atoms with E-state index < -0.39 is 0 Å². The van der Waals surface area contributed by atoms with Gasteiger partial charge >= 0.3 is 0 Å². The molecule has 0 unspecified atom stereocenters. The maximum atomic E-state index is 5.52. The van der Waals surface area contributed by atoms with Crippen molar-refractivity contribution in [3.05, 3.63) is 34.5 Å². The van der Waals surface area contributed by atoms with Gasteiger partial charge in [-0.05, 0) is 18.6 Å². The van der Waals surface area contributed by atoms with E-state index in [-0.39, 0.29) is 0 Å². The zero-order valence-corrected chi connectivity index (χ0v) is 11.0. The minimum atomic E-state index is 0.536. The number of hydrogen-bond donors (Lipinski definition) is 1. The molecule has 0 aliphatic carbocycles. The lowest BCUT2D eigenvalue weighted by molar-refractivity contribution is 0.127. The summed E-state index contributed by atoms with van der Waals surface area (Å²) < 4.78 is 5.52. The van der Waals surface area contributed by atoms with Crippen LogP contribution in [-0.2, 0) is 17.9 Å². The van der Waals surface area contributed by atoms with Crippen molar-refractivity contribution in [2.75, 3.05) is 6.61 Å². The van der Waals surface area contributed by atoms with Gasteiger partial charge in [0.1, 0.15) is 0 Å². The van der Waals surface area contributed by atoms with E-state index in [0.29, 0.717) is 6.04 Å². The van der Waals surface area contributed by atoms with Crippen LogP contribution in [0.4, 0.5) is 0 Å². The molecule has 1 heterocycles. The molecule has 0 aliphatic rings. The molecule has 16 heavy (non-hydrogen) atoms. The van der Waals surface area contributed by atoms with E-state index in [2.05, 4.69) is 37.9 Å². The number of hydrogen-bond acceptors (Lipinski definition) is 3. The Bertz CT molecular complexity index is 307. The summed E-state index contributed by atoms with van der Waals surface area (Å²) in [6, 6.07) is 4.86. The molecular formula is C13H21NOS. The van der Waals surface area contributed by atoms with Crippen LogP contribution in [-0.4, -0.2) is 12.6 Å². The average molecular weight is 239 g/mol. The molecule has 0 aromatic carbocycles. The van der Waals surface area contributed by atoms with E-state index >= 15 is 0 Å². The van der Waals surface area contributed by atoms with E-state index in [4.69, 9.17) is 4.74 Å². The topological polar surface area (TPSA) is 21.3 Å². The first-order valence-corrected chi connectivity index (χ1v) is 6.53. The Kier molecular flexibility index (Phi) is 6.38. The summed E-state index contributed by atoms with van der Waals surface area (Å²) in [5.41, 5.74) is 0. The molecule has 0 aliphatic heterocycles. The summed E-state index contributed by atoms with van der Waals surface area (Å²) in [7, 11) is 0. The summed E-state index contributed by atoms with van der Waals surface area (Å²) >= 11 is 1.82. The SMILES string of the molecule is C=CCCOCc1ccc(CNC(C)C)s1. The van der Waals surface area contributed by atoms with Crippen LogP contribution in [0.5, 0.6) is 0 Å². The van der Waals surface area contributed by atoms with Crippen molar-refractivity contribution in [2.24, 2.45) is 0 Å². The highest BCUT2D eigenvalue weighted by Gasteiger charge is 2.01. The van der Waals surface area contributed by atoms with E-state index in [1.807, 2.05) is 17.4 Å². The minimum absolute atomic E-state index is 0.536. The predicted octanol–water partition coefficient (Wildman–Crippen LogP) is 3.34. The third kappa shape index (κ3) is 5.45. The first kappa shape index (κ1) is 13.4. The van der Waals surface area contributed by atoms with Crippen molar-refractivity contribution in [3.8, 4) is 0 Å². The van der Waals surface area contributed by atoms with Crippen molar-refractivity contribution >= 4 is 11.3 Å².